The van der Waals surface area contributed by atoms with Gasteiger partial charge in [-0.3, -0.25) is 4.79 Å². The van der Waals surface area contributed by atoms with Crippen molar-refractivity contribution < 1.29 is 27.9 Å². The molecular formula is C16H23NO6S. The molecule has 0 saturated carbocycles. The van der Waals surface area contributed by atoms with Crippen molar-refractivity contribution in [3.8, 4) is 0 Å². The molecule has 134 valence electrons. The zero-order chi connectivity index (χ0) is 18.7. The normalized spacial score (nSPS) is 13.2. The first-order chi connectivity index (χ1) is 10.8. The SMILES string of the molecule is Cc1ccc(S(=O)(=O)N(C[C@@H](C)C(=O)O)C(=O)OC(C)(C)C)cc1. The summed E-state index contributed by atoms with van der Waals surface area (Å²) in [4.78, 5) is 23.3. The quantitative estimate of drug-likeness (QED) is 0.869. The van der Waals surface area contributed by atoms with Gasteiger partial charge in [-0.1, -0.05) is 24.6 Å². The van der Waals surface area contributed by atoms with Crippen LogP contribution >= 0.6 is 0 Å². The molecule has 0 saturated heterocycles. The fourth-order valence-corrected chi connectivity index (χ4v) is 3.14. The summed E-state index contributed by atoms with van der Waals surface area (Å²) < 4.78 is 31.1. The monoisotopic (exact) mass is 357 g/mol. The highest BCUT2D eigenvalue weighted by Crippen LogP contribution is 2.21. The molecule has 0 bridgehead atoms. The summed E-state index contributed by atoms with van der Waals surface area (Å²) in [5.74, 6) is -2.28. The number of carbonyl (C=O) groups excluding carboxylic acids is 1. The third-order valence-electron chi connectivity index (χ3n) is 3.07. The summed E-state index contributed by atoms with van der Waals surface area (Å²) in [5, 5.41) is 9.04. The third-order valence-corrected chi connectivity index (χ3v) is 4.81. The van der Waals surface area contributed by atoms with Crippen molar-refractivity contribution >= 4 is 22.1 Å². The topological polar surface area (TPSA) is 101 Å². The number of carboxylic acids is 1. The maximum Gasteiger partial charge on any atom is 0.424 e. The molecule has 0 aliphatic rings. The zero-order valence-electron chi connectivity index (χ0n) is 14.4. The van der Waals surface area contributed by atoms with Crippen LogP contribution in [0, 0.1) is 12.8 Å². The molecule has 0 fully saturated rings. The van der Waals surface area contributed by atoms with Crippen molar-refractivity contribution in [2.75, 3.05) is 6.54 Å². The summed E-state index contributed by atoms with van der Waals surface area (Å²) in [6, 6.07) is 5.93. The fourth-order valence-electron chi connectivity index (χ4n) is 1.75. The van der Waals surface area contributed by atoms with Gasteiger partial charge in [-0.25, -0.2) is 13.2 Å². The van der Waals surface area contributed by atoms with E-state index in [1.807, 2.05) is 0 Å². The molecule has 0 aromatic heterocycles. The van der Waals surface area contributed by atoms with Gasteiger partial charge in [0.1, 0.15) is 5.60 Å². The second-order valence-electron chi connectivity index (χ2n) is 6.57. The molecular weight excluding hydrogens is 334 g/mol. The van der Waals surface area contributed by atoms with E-state index in [2.05, 4.69) is 0 Å². The maximum absolute atomic E-state index is 12.8. The van der Waals surface area contributed by atoms with Crippen LogP contribution in [0.4, 0.5) is 4.79 Å². The van der Waals surface area contributed by atoms with Crippen LogP contribution in [0.25, 0.3) is 0 Å². The van der Waals surface area contributed by atoms with Crippen LogP contribution in [0.15, 0.2) is 29.2 Å². The van der Waals surface area contributed by atoms with Crippen LogP contribution in [0.5, 0.6) is 0 Å². The van der Waals surface area contributed by atoms with Gasteiger partial charge >= 0.3 is 12.1 Å². The first-order valence-corrected chi connectivity index (χ1v) is 8.84. The molecule has 8 heteroatoms. The highest BCUT2D eigenvalue weighted by atomic mass is 32.2. The molecule has 0 aliphatic heterocycles. The van der Waals surface area contributed by atoms with E-state index in [0.29, 0.717) is 4.31 Å². The number of aliphatic carboxylic acids is 1. The van der Waals surface area contributed by atoms with E-state index in [9.17, 15) is 18.0 Å². The number of ether oxygens (including phenoxy) is 1. The molecule has 1 N–H and O–H groups in total. The van der Waals surface area contributed by atoms with Crippen LogP contribution < -0.4 is 0 Å². The Morgan fingerprint density at radius 1 is 1.21 bits per heavy atom. The molecule has 0 unspecified atom stereocenters. The molecule has 24 heavy (non-hydrogen) atoms. The van der Waals surface area contributed by atoms with Crippen LogP contribution in [-0.4, -0.2) is 42.0 Å². The Morgan fingerprint density at radius 2 is 1.71 bits per heavy atom. The number of sulfonamides is 1. The van der Waals surface area contributed by atoms with Crippen molar-refractivity contribution in [3.05, 3.63) is 29.8 Å². The van der Waals surface area contributed by atoms with Crippen LogP contribution in [0.1, 0.15) is 33.3 Å². The average molecular weight is 357 g/mol. The summed E-state index contributed by atoms with van der Waals surface area (Å²) in [7, 11) is -4.22. The van der Waals surface area contributed by atoms with Gasteiger partial charge in [-0.2, -0.15) is 4.31 Å². The van der Waals surface area contributed by atoms with Crippen molar-refractivity contribution in [2.24, 2.45) is 5.92 Å². The van der Waals surface area contributed by atoms with Gasteiger partial charge in [0.2, 0.25) is 0 Å². The Kier molecular flexibility index (Phi) is 5.99. The minimum Gasteiger partial charge on any atom is -0.481 e. The third kappa shape index (κ3) is 5.23. The number of rotatable bonds is 5. The number of carboxylic acid groups (broad SMARTS) is 1. The number of amides is 1. The molecule has 1 aromatic rings. The lowest BCUT2D eigenvalue weighted by molar-refractivity contribution is -0.141. The van der Waals surface area contributed by atoms with Gasteiger partial charge in [0.25, 0.3) is 10.0 Å². The van der Waals surface area contributed by atoms with Gasteiger partial charge in [0, 0.05) is 0 Å². The molecule has 1 aromatic carbocycles. The van der Waals surface area contributed by atoms with Crippen molar-refractivity contribution in [3.63, 3.8) is 0 Å². The van der Waals surface area contributed by atoms with Crippen LogP contribution in [0.2, 0.25) is 0 Å². The van der Waals surface area contributed by atoms with E-state index in [1.54, 1.807) is 39.8 Å². The van der Waals surface area contributed by atoms with E-state index in [-0.39, 0.29) is 4.90 Å². The standard InChI is InChI=1S/C16H23NO6S/c1-11-6-8-13(9-7-11)24(21,22)17(10-12(2)14(18)19)15(20)23-16(3,4)5/h6-9,12H,10H2,1-5H3,(H,18,19)/t12-/m1/s1. The van der Waals surface area contributed by atoms with Gasteiger partial charge < -0.3 is 9.84 Å². The lowest BCUT2D eigenvalue weighted by atomic mass is 10.2. The summed E-state index contributed by atoms with van der Waals surface area (Å²) in [6.07, 6.45) is -1.10. The van der Waals surface area contributed by atoms with Gasteiger partial charge in [0.05, 0.1) is 17.4 Å². The van der Waals surface area contributed by atoms with E-state index < -0.39 is 40.1 Å². The maximum atomic E-state index is 12.8. The van der Waals surface area contributed by atoms with Crippen molar-refractivity contribution in [1.82, 2.24) is 4.31 Å². The number of aryl methyl sites for hydroxylation is 1. The molecule has 7 nitrogen and oxygen atoms in total. The molecule has 0 radical (unpaired) electrons. The molecule has 0 spiro atoms. The Hall–Kier alpha value is -2.09. The lowest BCUT2D eigenvalue weighted by Gasteiger charge is -2.28. The molecule has 1 rings (SSSR count). The number of hydrogen-bond donors (Lipinski definition) is 1. The molecule has 0 aliphatic carbocycles. The first kappa shape index (κ1) is 20.0. The molecule has 1 atom stereocenters. The predicted octanol–water partition coefficient (Wildman–Crippen LogP) is 2.64. The largest absolute Gasteiger partial charge is 0.481 e. The van der Waals surface area contributed by atoms with E-state index in [1.165, 1.54) is 19.1 Å². The smallest absolute Gasteiger partial charge is 0.424 e. The highest BCUT2D eigenvalue weighted by molar-refractivity contribution is 7.89. The number of carbonyl (C=O) groups is 2. The van der Waals surface area contributed by atoms with Gasteiger partial charge in [0.15, 0.2) is 0 Å². The fraction of sp³-hybridized carbons (Fsp3) is 0.500. The second-order valence-corrected chi connectivity index (χ2v) is 8.43. The van der Waals surface area contributed by atoms with Crippen molar-refractivity contribution in [2.45, 2.75) is 45.1 Å². The second kappa shape index (κ2) is 7.21. The molecule has 0 heterocycles. The van der Waals surface area contributed by atoms with Gasteiger partial charge in [-0.05, 0) is 39.8 Å². The van der Waals surface area contributed by atoms with Crippen LogP contribution in [-0.2, 0) is 19.6 Å². The average Bonchev–Trinajstić information content (AvgIpc) is 2.42. The Balaban J connectivity index is 3.27. The van der Waals surface area contributed by atoms with E-state index >= 15 is 0 Å². The Bertz CT molecular complexity index is 703. The summed E-state index contributed by atoms with van der Waals surface area (Å²) in [6.45, 7) is 7.41. The lowest BCUT2D eigenvalue weighted by Crippen LogP contribution is -2.44. The first-order valence-electron chi connectivity index (χ1n) is 7.40. The highest BCUT2D eigenvalue weighted by Gasteiger charge is 2.35. The number of hydrogen-bond acceptors (Lipinski definition) is 5. The van der Waals surface area contributed by atoms with Gasteiger partial charge in [-0.15, -0.1) is 0 Å². The summed E-state index contributed by atoms with van der Waals surface area (Å²) in [5.41, 5.74) is -0.0541. The summed E-state index contributed by atoms with van der Waals surface area (Å²) >= 11 is 0. The van der Waals surface area contributed by atoms with E-state index in [0.717, 1.165) is 5.56 Å². The van der Waals surface area contributed by atoms with E-state index in [4.69, 9.17) is 9.84 Å². The Labute approximate surface area is 142 Å². The van der Waals surface area contributed by atoms with Crippen molar-refractivity contribution in [1.29, 1.82) is 0 Å². The molecule has 1 amide bonds. The number of benzene rings is 1. The Morgan fingerprint density at radius 3 is 2.12 bits per heavy atom. The number of nitrogens with zero attached hydrogens (tertiary/aromatic N) is 1. The predicted molar refractivity (Wildman–Crippen MR) is 88.1 cm³/mol. The zero-order valence-corrected chi connectivity index (χ0v) is 15.3. The minimum absolute atomic E-state index is 0.100. The minimum atomic E-state index is -4.22. The van der Waals surface area contributed by atoms with Crippen LogP contribution in [0.3, 0.4) is 0 Å².